The van der Waals surface area contributed by atoms with Crippen molar-refractivity contribution in [1.29, 1.82) is 0 Å². The summed E-state index contributed by atoms with van der Waals surface area (Å²) in [5, 5.41) is 3.87. The van der Waals surface area contributed by atoms with E-state index in [1.807, 2.05) is 11.8 Å². The molecule has 0 fully saturated rings. The Morgan fingerprint density at radius 2 is 2.36 bits per heavy atom. The van der Waals surface area contributed by atoms with Crippen molar-refractivity contribution in [3.8, 4) is 0 Å². The fourth-order valence-corrected chi connectivity index (χ4v) is 1.34. The summed E-state index contributed by atoms with van der Waals surface area (Å²) in [5.41, 5.74) is 5.52. The van der Waals surface area contributed by atoms with E-state index in [-0.39, 0.29) is 0 Å². The van der Waals surface area contributed by atoms with Crippen LogP contribution in [0.15, 0.2) is 12.4 Å². The molecule has 14 heavy (non-hydrogen) atoms. The van der Waals surface area contributed by atoms with Gasteiger partial charge >= 0.3 is 0 Å². The summed E-state index contributed by atoms with van der Waals surface area (Å²) in [4.78, 5) is 7.87. The van der Waals surface area contributed by atoms with Crippen LogP contribution in [0.25, 0.3) is 0 Å². The molecule has 0 aliphatic carbocycles. The number of nitrogens with two attached hydrogens (primary N) is 1. The third kappa shape index (κ3) is 3.83. The minimum Gasteiger partial charge on any atom is -0.384 e. The number of hydrogen-bond acceptors (Lipinski definition) is 5. The number of anilines is 2. The monoisotopic (exact) mass is 212 g/mol. The lowest BCUT2D eigenvalue weighted by Crippen LogP contribution is -2.09. The number of thioether (sulfide) groups is 1. The Morgan fingerprint density at radius 1 is 1.57 bits per heavy atom. The zero-order valence-electron chi connectivity index (χ0n) is 8.53. The first-order chi connectivity index (χ1) is 6.72. The van der Waals surface area contributed by atoms with Gasteiger partial charge in [-0.15, -0.1) is 0 Å². The van der Waals surface area contributed by atoms with Gasteiger partial charge in [-0.2, -0.15) is 11.8 Å². The molecule has 1 aromatic heterocycles. The first kappa shape index (κ1) is 11.1. The van der Waals surface area contributed by atoms with Crippen LogP contribution < -0.4 is 11.1 Å². The van der Waals surface area contributed by atoms with Crippen molar-refractivity contribution in [3.63, 3.8) is 0 Å². The maximum Gasteiger partial charge on any atom is 0.131 e. The van der Waals surface area contributed by atoms with Gasteiger partial charge in [-0.1, -0.05) is 6.92 Å². The van der Waals surface area contributed by atoms with Crippen LogP contribution in [0.1, 0.15) is 13.3 Å². The maximum atomic E-state index is 5.52. The summed E-state index contributed by atoms with van der Waals surface area (Å²) in [6.45, 7) is 3.12. The number of hydrogen-bond donors (Lipinski definition) is 2. The third-order valence-corrected chi connectivity index (χ3v) is 2.99. The lowest BCUT2D eigenvalue weighted by atomic mass is 10.3. The number of rotatable bonds is 5. The Morgan fingerprint density at radius 3 is 3.00 bits per heavy atom. The molecule has 1 heterocycles. The highest BCUT2D eigenvalue weighted by molar-refractivity contribution is 7.99. The standard InChI is InChI=1S/C9H16N4S/c1-7(14-2)3-4-11-9-5-8(10)12-6-13-9/h5-7H,3-4H2,1-2H3,(H3,10,11,12,13). The molecule has 0 radical (unpaired) electrons. The molecule has 1 unspecified atom stereocenters. The van der Waals surface area contributed by atoms with Crippen LogP contribution in [0, 0.1) is 0 Å². The average Bonchev–Trinajstić information content (AvgIpc) is 2.17. The fraction of sp³-hybridized carbons (Fsp3) is 0.556. The van der Waals surface area contributed by atoms with Crippen molar-refractivity contribution in [2.24, 2.45) is 0 Å². The van der Waals surface area contributed by atoms with Gasteiger partial charge in [-0.25, -0.2) is 9.97 Å². The minimum absolute atomic E-state index is 0.500. The van der Waals surface area contributed by atoms with Gasteiger partial charge in [-0.3, -0.25) is 0 Å². The van der Waals surface area contributed by atoms with Crippen LogP contribution >= 0.6 is 11.8 Å². The fourth-order valence-electron chi connectivity index (χ4n) is 0.990. The van der Waals surface area contributed by atoms with Gasteiger partial charge in [0.15, 0.2) is 0 Å². The van der Waals surface area contributed by atoms with E-state index < -0.39 is 0 Å². The Labute approximate surface area is 88.7 Å². The zero-order valence-corrected chi connectivity index (χ0v) is 9.34. The predicted octanol–water partition coefficient (Wildman–Crippen LogP) is 1.61. The van der Waals surface area contributed by atoms with E-state index in [2.05, 4.69) is 28.5 Å². The zero-order chi connectivity index (χ0) is 10.4. The highest BCUT2D eigenvalue weighted by Crippen LogP contribution is 2.10. The number of nitrogen functional groups attached to an aromatic ring is 1. The molecule has 0 bridgehead atoms. The Balaban J connectivity index is 2.31. The summed E-state index contributed by atoms with van der Waals surface area (Å²) >= 11 is 1.87. The summed E-state index contributed by atoms with van der Waals surface area (Å²) in [7, 11) is 0. The summed E-state index contributed by atoms with van der Waals surface area (Å²) < 4.78 is 0. The molecule has 0 saturated carbocycles. The second-order valence-corrected chi connectivity index (χ2v) is 4.37. The van der Waals surface area contributed by atoms with Crippen LogP contribution in [0.2, 0.25) is 0 Å². The lowest BCUT2D eigenvalue weighted by molar-refractivity contribution is 0.849. The number of nitrogens with one attached hydrogen (secondary N) is 1. The molecule has 0 spiro atoms. The highest BCUT2D eigenvalue weighted by Gasteiger charge is 1.99. The van der Waals surface area contributed by atoms with Gasteiger partial charge < -0.3 is 11.1 Å². The molecule has 4 nitrogen and oxygen atoms in total. The van der Waals surface area contributed by atoms with E-state index in [1.165, 1.54) is 6.33 Å². The van der Waals surface area contributed by atoms with E-state index in [9.17, 15) is 0 Å². The molecule has 1 atom stereocenters. The second-order valence-electron chi connectivity index (χ2n) is 3.09. The Hall–Kier alpha value is -0.970. The molecule has 3 N–H and O–H groups in total. The van der Waals surface area contributed by atoms with Crippen molar-refractivity contribution >= 4 is 23.4 Å². The molecular formula is C9H16N4S. The topological polar surface area (TPSA) is 63.8 Å². The van der Waals surface area contributed by atoms with E-state index in [0.29, 0.717) is 11.1 Å². The smallest absolute Gasteiger partial charge is 0.131 e. The van der Waals surface area contributed by atoms with Crippen LogP contribution in [0.3, 0.4) is 0 Å². The van der Waals surface area contributed by atoms with E-state index in [4.69, 9.17) is 5.73 Å². The van der Waals surface area contributed by atoms with Crippen molar-refractivity contribution in [2.75, 3.05) is 23.9 Å². The summed E-state index contributed by atoms with van der Waals surface area (Å²) in [6, 6.07) is 1.74. The molecule has 0 saturated heterocycles. The van der Waals surface area contributed by atoms with Crippen molar-refractivity contribution in [3.05, 3.63) is 12.4 Å². The van der Waals surface area contributed by atoms with Crippen molar-refractivity contribution in [2.45, 2.75) is 18.6 Å². The third-order valence-electron chi connectivity index (χ3n) is 1.95. The molecule has 5 heteroatoms. The lowest BCUT2D eigenvalue weighted by Gasteiger charge is -2.09. The van der Waals surface area contributed by atoms with Gasteiger partial charge in [-0.05, 0) is 12.7 Å². The van der Waals surface area contributed by atoms with Crippen LogP contribution in [-0.2, 0) is 0 Å². The van der Waals surface area contributed by atoms with Gasteiger partial charge in [0.2, 0.25) is 0 Å². The first-order valence-corrected chi connectivity index (χ1v) is 5.85. The van der Waals surface area contributed by atoms with Crippen LogP contribution in [0.5, 0.6) is 0 Å². The molecule has 0 aliphatic rings. The molecular weight excluding hydrogens is 196 g/mol. The second kappa shape index (κ2) is 5.70. The summed E-state index contributed by atoms with van der Waals surface area (Å²) in [5.74, 6) is 1.30. The van der Waals surface area contributed by atoms with Crippen molar-refractivity contribution in [1.82, 2.24) is 9.97 Å². The Bertz CT molecular complexity index is 279. The molecule has 0 aliphatic heterocycles. The molecule has 78 valence electrons. The minimum atomic E-state index is 0.500. The average molecular weight is 212 g/mol. The Kier molecular flexibility index (Phi) is 4.52. The summed E-state index contributed by atoms with van der Waals surface area (Å²) in [6.07, 6.45) is 4.70. The molecule has 0 aromatic carbocycles. The molecule has 1 aromatic rings. The number of aromatic nitrogens is 2. The maximum absolute atomic E-state index is 5.52. The first-order valence-electron chi connectivity index (χ1n) is 4.56. The highest BCUT2D eigenvalue weighted by atomic mass is 32.2. The quantitative estimate of drug-likeness (QED) is 0.776. The SMILES string of the molecule is CSC(C)CCNc1cc(N)ncn1. The van der Waals surface area contributed by atoms with Gasteiger partial charge in [0, 0.05) is 17.9 Å². The van der Waals surface area contributed by atoms with Gasteiger partial charge in [0.05, 0.1) is 0 Å². The molecule has 0 amide bonds. The van der Waals surface area contributed by atoms with E-state index in [1.54, 1.807) is 6.07 Å². The largest absolute Gasteiger partial charge is 0.384 e. The van der Waals surface area contributed by atoms with Crippen LogP contribution in [0.4, 0.5) is 11.6 Å². The van der Waals surface area contributed by atoms with E-state index in [0.717, 1.165) is 18.8 Å². The predicted molar refractivity (Wildman–Crippen MR) is 62.5 cm³/mol. The van der Waals surface area contributed by atoms with Gasteiger partial charge in [0.1, 0.15) is 18.0 Å². The normalized spacial score (nSPS) is 12.4. The van der Waals surface area contributed by atoms with Gasteiger partial charge in [0.25, 0.3) is 0 Å². The van der Waals surface area contributed by atoms with Crippen molar-refractivity contribution < 1.29 is 0 Å². The molecule has 1 rings (SSSR count). The van der Waals surface area contributed by atoms with E-state index >= 15 is 0 Å². The van der Waals surface area contributed by atoms with Crippen LogP contribution in [-0.4, -0.2) is 28.0 Å². The number of nitrogens with zero attached hydrogens (tertiary/aromatic N) is 2.